The lowest BCUT2D eigenvalue weighted by Gasteiger charge is -2.40. The number of nitrogens with zero attached hydrogens (tertiary/aromatic N) is 16. The molecule has 0 saturated carbocycles. The molecule has 0 bridgehead atoms. The third-order valence-corrected chi connectivity index (χ3v) is 7.82. The summed E-state index contributed by atoms with van der Waals surface area (Å²) in [5.74, 6) is -10.4. The highest BCUT2D eigenvalue weighted by atomic mass is 16.7. The molecular formula is C12H8BN20O24-. The molecule has 4 aliphatic rings. The zero-order valence-electron chi connectivity index (χ0n) is 25.8. The molecule has 0 aromatic heterocycles. The van der Waals surface area contributed by atoms with Gasteiger partial charge in [0.15, 0.2) is 20.1 Å². The lowest BCUT2D eigenvalue weighted by molar-refractivity contribution is -0.724. The molecule has 0 amide bonds. The summed E-state index contributed by atoms with van der Waals surface area (Å²) in [6.45, 7) is 0. The number of hydrogen-bond donors (Lipinski definition) is 4. The molecule has 0 aromatic rings. The molecule has 4 unspecified atom stereocenters. The highest BCUT2D eigenvalue weighted by Gasteiger charge is 2.77. The standard InChI is InChI=1S/C12H8BN20O24/c34-22(35)5-1(18(30(50)51)9(14-5)26(42)43)13(2-6(23(36)37)15-10(27(44)45)19(2)31(52)53,3-7(24(38)39)16-11(28(46)47)20(3)32(54)55)4-8(25(40)41)17-12(29(48)49)21(4)33(56)57/h9-12,14-17H/q-1. The van der Waals surface area contributed by atoms with Crippen molar-refractivity contribution in [2.75, 3.05) is 0 Å². The average Bonchev–Trinajstić information content (AvgIpc) is 3.86. The van der Waals surface area contributed by atoms with Gasteiger partial charge < -0.3 is 40.5 Å². The number of hydrogen-bond acceptors (Lipinski definition) is 28. The van der Waals surface area contributed by atoms with Gasteiger partial charge in [-0.25, -0.2) is 40.5 Å². The van der Waals surface area contributed by atoms with Crippen molar-refractivity contribution in [3.8, 4) is 0 Å². The third-order valence-electron chi connectivity index (χ3n) is 7.82. The predicted octanol–water partition coefficient (Wildman–Crippen LogP) is -6.00. The molecule has 0 saturated heterocycles. The largest absolute Gasteiger partial charge is 0.477 e. The quantitative estimate of drug-likeness (QED) is 0.0639. The Morgan fingerprint density at radius 1 is 0.333 bits per heavy atom. The van der Waals surface area contributed by atoms with Crippen LogP contribution in [0.25, 0.3) is 0 Å². The van der Waals surface area contributed by atoms with Crippen LogP contribution in [0.2, 0.25) is 0 Å². The highest BCUT2D eigenvalue weighted by Crippen LogP contribution is 2.52. The molecule has 4 aliphatic heterocycles. The van der Waals surface area contributed by atoms with E-state index in [2.05, 4.69) is 0 Å². The van der Waals surface area contributed by atoms with Crippen molar-refractivity contribution in [1.82, 2.24) is 41.3 Å². The Hall–Kier alpha value is -9.78. The molecule has 0 fully saturated rings. The molecule has 45 heteroatoms. The monoisotopic (exact) mass is 827 g/mol. The fourth-order valence-electron chi connectivity index (χ4n) is 6.24. The van der Waals surface area contributed by atoms with Crippen LogP contribution in [0.3, 0.4) is 0 Å². The van der Waals surface area contributed by atoms with Crippen molar-refractivity contribution < 1.29 is 59.5 Å². The van der Waals surface area contributed by atoms with Crippen LogP contribution in [-0.4, -0.2) is 111 Å². The summed E-state index contributed by atoms with van der Waals surface area (Å²) in [7, 11) is 0. The minimum atomic E-state index is -6.70. The van der Waals surface area contributed by atoms with Gasteiger partial charge >= 0.3 is 48.4 Å². The van der Waals surface area contributed by atoms with Gasteiger partial charge in [0.2, 0.25) is 0 Å². The second kappa shape index (κ2) is 13.3. The SMILES string of the molecule is O=[N+]([O-])C1=C([B-](C2=C([N+](=O)[O-])NC([N+](=O)[O-])N2[N+](=O)[O-])(C2=C([N+](=O)[O-])NC([N+](=O)[O-])N2[N+](=O)[O-])C2=C([N+](=O)[O-])NC([N+](=O)[O-])N2[N+](=O)[O-])N([N+](=O)[O-])C([N+](=O)[O-])N1. The van der Waals surface area contributed by atoms with Crippen LogP contribution < -0.4 is 21.3 Å². The summed E-state index contributed by atoms with van der Waals surface area (Å²) in [6.07, 6.45) is -21.4. The van der Waals surface area contributed by atoms with Crippen molar-refractivity contribution in [3.05, 3.63) is 167 Å². The zero-order valence-corrected chi connectivity index (χ0v) is 25.8. The van der Waals surface area contributed by atoms with Crippen molar-refractivity contribution in [2.45, 2.75) is 25.2 Å². The summed E-state index contributed by atoms with van der Waals surface area (Å²) < 4.78 is 0. The Kier molecular flexibility index (Phi) is 9.35. The van der Waals surface area contributed by atoms with E-state index >= 15 is 0 Å². The van der Waals surface area contributed by atoms with E-state index in [0.717, 1.165) is 21.3 Å². The maximum absolute atomic E-state index is 12.7. The topological polar surface area (TPSA) is 579 Å². The van der Waals surface area contributed by atoms with Crippen LogP contribution in [0, 0.1) is 121 Å². The van der Waals surface area contributed by atoms with Crippen molar-refractivity contribution in [3.63, 3.8) is 0 Å². The summed E-state index contributed by atoms with van der Waals surface area (Å²) in [4.78, 5) is 133. The van der Waals surface area contributed by atoms with Crippen LogP contribution >= 0.6 is 0 Å². The van der Waals surface area contributed by atoms with E-state index in [1.807, 2.05) is 0 Å². The lowest BCUT2D eigenvalue weighted by atomic mass is 9.16. The van der Waals surface area contributed by atoms with E-state index < -0.39 is 157 Å². The second-order valence-electron chi connectivity index (χ2n) is 10.4. The summed E-state index contributed by atoms with van der Waals surface area (Å²) in [5, 5.41) is 139. The van der Waals surface area contributed by atoms with Gasteiger partial charge in [0.25, 0.3) is 6.15 Å². The van der Waals surface area contributed by atoms with E-state index in [-0.39, 0.29) is 0 Å². The molecule has 304 valence electrons. The summed E-state index contributed by atoms with van der Waals surface area (Å²) in [5.41, 5.74) is -11.3. The van der Waals surface area contributed by atoms with Gasteiger partial charge in [0, 0.05) is 22.4 Å². The van der Waals surface area contributed by atoms with E-state index in [1.54, 1.807) is 0 Å². The van der Waals surface area contributed by atoms with Crippen LogP contribution in [0.5, 0.6) is 0 Å². The maximum atomic E-state index is 12.7. The molecule has 0 radical (unpaired) electrons. The predicted molar refractivity (Wildman–Crippen MR) is 153 cm³/mol. The van der Waals surface area contributed by atoms with Crippen molar-refractivity contribution in [2.24, 2.45) is 0 Å². The Bertz CT molecular complexity index is 1880. The highest BCUT2D eigenvalue weighted by molar-refractivity contribution is 7.03. The van der Waals surface area contributed by atoms with E-state index in [4.69, 9.17) is 0 Å². The minimum Gasteiger partial charge on any atom is -0.358 e. The fraction of sp³-hybridized carbons (Fsp3) is 0.333. The van der Waals surface area contributed by atoms with E-state index in [0.29, 0.717) is 0 Å². The first-order valence-corrected chi connectivity index (χ1v) is 13.3. The van der Waals surface area contributed by atoms with Crippen LogP contribution in [-0.2, 0) is 0 Å². The smallest absolute Gasteiger partial charge is 0.358 e. The Balaban J connectivity index is 2.69. The zero-order chi connectivity index (χ0) is 43.5. The van der Waals surface area contributed by atoms with Crippen LogP contribution in [0.15, 0.2) is 45.7 Å². The molecule has 4 rings (SSSR count). The fourth-order valence-corrected chi connectivity index (χ4v) is 6.24. The summed E-state index contributed by atoms with van der Waals surface area (Å²) >= 11 is 0. The lowest BCUT2D eigenvalue weighted by Crippen LogP contribution is -2.65. The molecule has 4 atom stereocenters. The number of nitro groups is 12. The Morgan fingerprint density at radius 2 is 0.491 bits per heavy atom. The van der Waals surface area contributed by atoms with E-state index in [1.165, 1.54) is 0 Å². The number of hydrazine groups is 4. The molecule has 0 aromatic carbocycles. The van der Waals surface area contributed by atoms with Crippen LogP contribution in [0.4, 0.5) is 0 Å². The normalized spacial score (nSPS) is 22.6. The third kappa shape index (κ3) is 5.67. The Morgan fingerprint density at radius 3 is 0.596 bits per heavy atom. The van der Waals surface area contributed by atoms with Gasteiger partial charge in [-0.1, -0.05) is 0 Å². The van der Waals surface area contributed by atoms with E-state index in [9.17, 15) is 121 Å². The minimum absolute atomic E-state index is 1.09. The molecule has 0 aliphatic carbocycles. The van der Waals surface area contributed by atoms with Gasteiger partial charge in [-0.05, 0) is 39.7 Å². The van der Waals surface area contributed by atoms with Crippen LogP contribution in [0.1, 0.15) is 0 Å². The molecule has 0 spiro atoms. The number of rotatable bonds is 16. The Labute approximate surface area is 300 Å². The number of nitrogens with one attached hydrogen (secondary N) is 4. The first-order valence-electron chi connectivity index (χ1n) is 13.3. The molecular weight excluding hydrogens is 819 g/mol. The van der Waals surface area contributed by atoms with Gasteiger partial charge in [-0.2, -0.15) is 21.3 Å². The molecule has 4 heterocycles. The van der Waals surface area contributed by atoms with Crippen molar-refractivity contribution in [1.29, 1.82) is 0 Å². The molecule has 4 N–H and O–H groups in total. The first-order chi connectivity index (χ1) is 26.3. The van der Waals surface area contributed by atoms with Gasteiger partial charge in [-0.3, -0.25) is 40.5 Å². The first kappa shape index (κ1) is 40.0. The van der Waals surface area contributed by atoms with Crippen molar-refractivity contribution >= 4 is 6.15 Å². The second-order valence-corrected chi connectivity index (χ2v) is 10.4. The molecule has 57 heavy (non-hydrogen) atoms. The summed E-state index contributed by atoms with van der Waals surface area (Å²) in [6, 6.07) is 0. The average molecular weight is 827 g/mol. The maximum Gasteiger partial charge on any atom is 0.477 e. The van der Waals surface area contributed by atoms with Gasteiger partial charge in [-0.15, -0.1) is 0 Å². The van der Waals surface area contributed by atoms with Gasteiger partial charge in [0.05, 0.1) is 19.7 Å². The van der Waals surface area contributed by atoms with Gasteiger partial charge in [0.1, 0.15) is 0 Å². The molecule has 44 nitrogen and oxygen atoms in total.